The van der Waals surface area contributed by atoms with E-state index in [2.05, 4.69) is 6.92 Å². The Bertz CT molecular complexity index is 1060. The average Bonchev–Trinajstić information content (AvgIpc) is 3.22. The van der Waals surface area contributed by atoms with Crippen LogP contribution in [0.25, 0.3) is 10.4 Å². The van der Waals surface area contributed by atoms with Crippen molar-refractivity contribution < 1.29 is 27.8 Å². The van der Waals surface area contributed by atoms with Crippen molar-refractivity contribution >= 4 is 17.3 Å². The summed E-state index contributed by atoms with van der Waals surface area (Å²) in [4.78, 5) is 12.7. The van der Waals surface area contributed by atoms with E-state index in [1.807, 2.05) is 37.3 Å². The van der Waals surface area contributed by atoms with E-state index in [1.54, 1.807) is 0 Å². The highest BCUT2D eigenvalue weighted by atomic mass is 32.1. The second kappa shape index (κ2) is 10.2. The van der Waals surface area contributed by atoms with Gasteiger partial charge in [0.1, 0.15) is 11.9 Å². The molecule has 7 heteroatoms. The molecule has 2 aromatic carbocycles. The van der Waals surface area contributed by atoms with E-state index < -0.39 is 17.7 Å². The second-order valence-electron chi connectivity index (χ2n) is 7.65. The lowest BCUT2D eigenvalue weighted by molar-refractivity contribution is -0.138. The van der Waals surface area contributed by atoms with Gasteiger partial charge >= 0.3 is 12.1 Å². The number of rotatable bonds is 9. The van der Waals surface area contributed by atoms with Gasteiger partial charge in [0.05, 0.1) is 5.56 Å². The number of halogens is 3. The van der Waals surface area contributed by atoms with Crippen LogP contribution in [-0.2, 0) is 17.4 Å². The van der Waals surface area contributed by atoms with Crippen molar-refractivity contribution in [2.24, 2.45) is 0 Å². The van der Waals surface area contributed by atoms with E-state index in [4.69, 9.17) is 9.84 Å². The number of carboxylic acids is 1. The number of thiophene rings is 1. The summed E-state index contributed by atoms with van der Waals surface area (Å²) in [6, 6.07) is 14.7. The molecule has 0 saturated heterocycles. The van der Waals surface area contributed by atoms with Gasteiger partial charge in [-0.3, -0.25) is 4.79 Å². The third-order valence-corrected chi connectivity index (χ3v) is 6.42. The summed E-state index contributed by atoms with van der Waals surface area (Å²) in [6.07, 6.45) is -2.25. The van der Waals surface area contributed by atoms with E-state index in [-0.39, 0.29) is 12.5 Å². The number of aryl methyl sites for hydroxylation is 2. The lowest BCUT2D eigenvalue weighted by Crippen LogP contribution is -2.06. The Hall–Kier alpha value is -2.80. The molecule has 0 fully saturated rings. The van der Waals surface area contributed by atoms with Crippen LogP contribution in [0.15, 0.2) is 54.6 Å². The van der Waals surface area contributed by atoms with E-state index in [0.29, 0.717) is 12.2 Å². The van der Waals surface area contributed by atoms with E-state index in [1.165, 1.54) is 23.5 Å². The normalized spacial score (nSPS) is 12.5. The van der Waals surface area contributed by atoms with Gasteiger partial charge in [0.15, 0.2) is 0 Å². The van der Waals surface area contributed by atoms with Crippen LogP contribution < -0.4 is 4.74 Å². The maximum Gasteiger partial charge on any atom is 0.416 e. The first-order valence-corrected chi connectivity index (χ1v) is 11.2. The Balaban J connectivity index is 1.76. The van der Waals surface area contributed by atoms with Gasteiger partial charge < -0.3 is 9.84 Å². The summed E-state index contributed by atoms with van der Waals surface area (Å²) in [5.41, 5.74) is 2.04. The molecule has 0 spiro atoms. The van der Waals surface area contributed by atoms with Gasteiger partial charge in [-0.15, -0.1) is 11.3 Å². The predicted molar refractivity (Wildman–Crippen MR) is 120 cm³/mol. The molecule has 0 aliphatic heterocycles. The minimum atomic E-state index is -4.35. The topological polar surface area (TPSA) is 46.5 Å². The van der Waals surface area contributed by atoms with Crippen LogP contribution in [0.1, 0.15) is 53.9 Å². The van der Waals surface area contributed by atoms with Gasteiger partial charge in [-0.25, -0.2) is 0 Å². The molecule has 1 heterocycles. The maximum absolute atomic E-state index is 12.8. The highest BCUT2D eigenvalue weighted by Crippen LogP contribution is 2.37. The lowest BCUT2D eigenvalue weighted by atomic mass is 10.0. The zero-order valence-electron chi connectivity index (χ0n) is 17.9. The Kier molecular flexibility index (Phi) is 7.61. The van der Waals surface area contributed by atoms with Gasteiger partial charge in [-0.1, -0.05) is 31.5 Å². The summed E-state index contributed by atoms with van der Waals surface area (Å²) >= 11 is 1.51. The quantitative estimate of drug-likeness (QED) is 0.355. The maximum atomic E-state index is 12.8. The standard InChI is InChI=1S/C25H25F3O3S/c1-3-4-21(31-20-11-7-17(16(2)15-20)8-14-24(29)30)23-13-12-22(32-23)18-5-9-19(10-6-18)25(26,27)28/h5-7,9-13,15,21H,3-4,8,14H2,1-2H3,(H,29,30). The Labute approximate surface area is 189 Å². The minimum Gasteiger partial charge on any atom is -0.485 e. The molecule has 170 valence electrons. The number of ether oxygens (including phenoxy) is 1. The van der Waals surface area contributed by atoms with Crippen LogP contribution in [0.4, 0.5) is 13.2 Å². The van der Waals surface area contributed by atoms with Crippen LogP contribution in [0.5, 0.6) is 5.75 Å². The first-order valence-electron chi connectivity index (χ1n) is 10.4. The molecule has 0 bridgehead atoms. The summed E-state index contributed by atoms with van der Waals surface area (Å²) < 4.78 is 44.7. The van der Waals surface area contributed by atoms with Crippen molar-refractivity contribution in [1.82, 2.24) is 0 Å². The van der Waals surface area contributed by atoms with Gasteiger partial charge in [0.2, 0.25) is 0 Å². The van der Waals surface area contributed by atoms with Crippen molar-refractivity contribution in [1.29, 1.82) is 0 Å². The summed E-state index contributed by atoms with van der Waals surface area (Å²) in [5.74, 6) is -0.112. The molecular formula is C25H25F3O3S. The molecule has 0 aliphatic carbocycles. The molecule has 1 N–H and O–H groups in total. The van der Waals surface area contributed by atoms with Crippen LogP contribution >= 0.6 is 11.3 Å². The number of aliphatic carboxylic acids is 1. The van der Waals surface area contributed by atoms with Crippen LogP contribution in [-0.4, -0.2) is 11.1 Å². The Morgan fingerprint density at radius 3 is 2.41 bits per heavy atom. The Morgan fingerprint density at radius 2 is 1.81 bits per heavy atom. The molecule has 0 saturated carbocycles. The fourth-order valence-electron chi connectivity index (χ4n) is 3.45. The average molecular weight is 463 g/mol. The second-order valence-corrected chi connectivity index (χ2v) is 8.77. The first-order chi connectivity index (χ1) is 15.2. The number of hydrogen-bond donors (Lipinski definition) is 1. The van der Waals surface area contributed by atoms with Crippen LogP contribution in [0, 0.1) is 6.92 Å². The molecule has 3 nitrogen and oxygen atoms in total. The number of benzene rings is 2. The largest absolute Gasteiger partial charge is 0.485 e. The van der Waals surface area contributed by atoms with E-state index in [0.717, 1.165) is 51.4 Å². The Morgan fingerprint density at radius 1 is 1.09 bits per heavy atom. The summed E-state index contributed by atoms with van der Waals surface area (Å²) in [7, 11) is 0. The van der Waals surface area contributed by atoms with E-state index >= 15 is 0 Å². The highest BCUT2D eigenvalue weighted by Gasteiger charge is 2.30. The summed E-state index contributed by atoms with van der Waals surface area (Å²) in [6.45, 7) is 4.01. The van der Waals surface area contributed by atoms with Crippen LogP contribution in [0.3, 0.4) is 0 Å². The molecular weight excluding hydrogens is 437 g/mol. The fourth-order valence-corrected chi connectivity index (χ4v) is 4.53. The van der Waals surface area contributed by atoms with Crippen molar-refractivity contribution in [3.05, 3.63) is 76.2 Å². The molecule has 1 unspecified atom stereocenters. The number of alkyl halides is 3. The van der Waals surface area contributed by atoms with Gasteiger partial charge in [0.25, 0.3) is 0 Å². The SMILES string of the molecule is CCCC(Oc1ccc(CCC(=O)O)c(C)c1)c1ccc(-c2ccc(C(F)(F)F)cc2)s1. The van der Waals surface area contributed by atoms with Crippen molar-refractivity contribution in [3.8, 4) is 16.2 Å². The summed E-state index contributed by atoms with van der Waals surface area (Å²) in [5, 5.41) is 8.88. The fraction of sp³-hybridized carbons (Fsp3) is 0.320. The highest BCUT2D eigenvalue weighted by molar-refractivity contribution is 7.15. The van der Waals surface area contributed by atoms with Crippen molar-refractivity contribution in [2.75, 3.05) is 0 Å². The molecule has 0 aliphatic rings. The number of hydrogen-bond acceptors (Lipinski definition) is 3. The van der Waals surface area contributed by atoms with E-state index in [9.17, 15) is 18.0 Å². The molecule has 3 rings (SSSR count). The molecule has 1 atom stereocenters. The number of carbonyl (C=O) groups is 1. The van der Waals surface area contributed by atoms with Crippen LogP contribution in [0.2, 0.25) is 0 Å². The van der Waals surface area contributed by atoms with Crippen molar-refractivity contribution in [2.45, 2.75) is 51.8 Å². The van der Waals surface area contributed by atoms with Gasteiger partial charge in [-0.05, 0) is 72.9 Å². The number of carboxylic acid groups (broad SMARTS) is 1. The predicted octanol–water partition coefficient (Wildman–Crippen LogP) is 7.68. The van der Waals surface area contributed by atoms with Gasteiger partial charge in [-0.2, -0.15) is 13.2 Å². The third kappa shape index (κ3) is 6.13. The zero-order valence-corrected chi connectivity index (χ0v) is 18.7. The molecule has 3 aromatic rings. The lowest BCUT2D eigenvalue weighted by Gasteiger charge is -2.18. The smallest absolute Gasteiger partial charge is 0.416 e. The monoisotopic (exact) mass is 462 g/mol. The molecule has 0 amide bonds. The third-order valence-electron chi connectivity index (χ3n) is 5.19. The minimum absolute atomic E-state index is 0.0847. The molecule has 1 aromatic heterocycles. The van der Waals surface area contributed by atoms with Gasteiger partial charge in [0, 0.05) is 16.2 Å². The first kappa shape index (κ1) is 23.9. The molecule has 32 heavy (non-hydrogen) atoms. The molecule has 0 radical (unpaired) electrons. The van der Waals surface area contributed by atoms with Crippen molar-refractivity contribution in [3.63, 3.8) is 0 Å². The zero-order chi connectivity index (χ0) is 23.3.